The number of benzene rings is 2. The molecule has 0 aliphatic heterocycles. The fourth-order valence-corrected chi connectivity index (χ4v) is 2.79. The second-order valence-electron chi connectivity index (χ2n) is 5.19. The molecule has 0 fully saturated rings. The highest BCUT2D eigenvalue weighted by Crippen LogP contribution is 2.21. The molecule has 0 aliphatic carbocycles. The van der Waals surface area contributed by atoms with Crippen molar-refractivity contribution >= 4 is 23.7 Å². The van der Waals surface area contributed by atoms with Gasteiger partial charge in [0.1, 0.15) is 0 Å². The average molecular weight is 339 g/mol. The van der Waals surface area contributed by atoms with Crippen molar-refractivity contribution in [2.75, 3.05) is 11.1 Å². The molecule has 6 heteroatoms. The van der Waals surface area contributed by atoms with Crippen molar-refractivity contribution in [3.05, 3.63) is 59.7 Å². The van der Waals surface area contributed by atoms with Gasteiger partial charge in [0, 0.05) is 16.0 Å². The molecular formula is C18H17N3O2S. The van der Waals surface area contributed by atoms with Crippen LogP contribution in [0.25, 0.3) is 11.5 Å². The van der Waals surface area contributed by atoms with E-state index in [2.05, 4.69) is 22.4 Å². The van der Waals surface area contributed by atoms with Crippen molar-refractivity contribution < 1.29 is 9.21 Å². The fraction of sp³-hybridized carbons (Fsp3) is 0.167. The van der Waals surface area contributed by atoms with Crippen LogP contribution in [0.5, 0.6) is 0 Å². The van der Waals surface area contributed by atoms with Gasteiger partial charge in [0.25, 0.3) is 5.91 Å². The van der Waals surface area contributed by atoms with Gasteiger partial charge in [-0.2, -0.15) is 0 Å². The molecule has 0 bridgehead atoms. The standard InChI is InChI=1S/C18H17N3O2S/c1-3-24-15-10-8-13(9-11-15)16(22)19-18-21-20-17(23-18)14-6-4-12(2)5-7-14/h4-11H,3H2,1-2H3,(H,19,21,22). The van der Waals surface area contributed by atoms with E-state index in [9.17, 15) is 4.79 Å². The Balaban J connectivity index is 1.69. The lowest BCUT2D eigenvalue weighted by molar-refractivity contribution is 0.102. The summed E-state index contributed by atoms with van der Waals surface area (Å²) in [5, 5.41) is 10.5. The summed E-state index contributed by atoms with van der Waals surface area (Å²) >= 11 is 1.73. The smallest absolute Gasteiger partial charge is 0.322 e. The number of nitrogens with zero attached hydrogens (tertiary/aromatic N) is 2. The van der Waals surface area contributed by atoms with Crippen LogP contribution in [-0.4, -0.2) is 21.9 Å². The third kappa shape index (κ3) is 3.83. The second-order valence-corrected chi connectivity index (χ2v) is 6.53. The van der Waals surface area contributed by atoms with E-state index >= 15 is 0 Å². The Morgan fingerprint density at radius 1 is 1.08 bits per heavy atom. The van der Waals surface area contributed by atoms with E-state index in [0.717, 1.165) is 21.8 Å². The van der Waals surface area contributed by atoms with Crippen molar-refractivity contribution in [1.29, 1.82) is 0 Å². The molecule has 3 rings (SSSR count). The number of rotatable bonds is 5. The zero-order valence-electron chi connectivity index (χ0n) is 13.4. The number of anilines is 1. The van der Waals surface area contributed by atoms with E-state index in [-0.39, 0.29) is 11.9 Å². The molecule has 1 amide bonds. The first kappa shape index (κ1) is 16.3. The van der Waals surface area contributed by atoms with Crippen LogP contribution >= 0.6 is 11.8 Å². The van der Waals surface area contributed by atoms with E-state index in [1.807, 2.05) is 43.3 Å². The molecule has 0 spiro atoms. The van der Waals surface area contributed by atoms with Crippen LogP contribution in [0.1, 0.15) is 22.8 Å². The maximum Gasteiger partial charge on any atom is 0.322 e. The van der Waals surface area contributed by atoms with Crippen molar-refractivity contribution in [3.63, 3.8) is 0 Å². The lowest BCUT2D eigenvalue weighted by Crippen LogP contribution is -2.11. The molecule has 1 N–H and O–H groups in total. The Labute approximate surface area is 144 Å². The van der Waals surface area contributed by atoms with Crippen molar-refractivity contribution in [1.82, 2.24) is 10.2 Å². The third-order valence-corrected chi connectivity index (χ3v) is 4.27. The monoisotopic (exact) mass is 339 g/mol. The number of amides is 1. The molecule has 5 nitrogen and oxygen atoms in total. The van der Waals surface area contributed by atoms with Gasteiger partial charge in [0.2, 0.25) is 5.89 Å². The van der Waals surface area contributed by atoms with Crippen molar-refractivity contribution in [2.24, 2.45) is 0 Å². The SMILES string of the molecule is CCSc1ccc(C(=O)Nc2nnc(-c3ccc(C)cc3)o2)cc1. The first-order valence-corrected chi connectivity index (χ1v) is 8.59. The summed E-state index contributed by atoms with van der Waals surface area (Å²) in [6, 6.07) is 15.2. The first-order valence-electron chi connectivity index (χ1n) is 7.60. The van der Waals surface area contributed by atoms with Gasteiger partial charge in [0.05, 0.1) is 0 Å². The van der Waals surface area contributed by atoms with Crippen LogP contribution in [0.3, 0.4) is 0 Å². The molecule has 0 saturated carbocycles. The molecule has 1 heterocycles. The summed E-state index contributed by atoms with van der Waals surface area (Å²) in [5.41, 5.74) is 2.51. The number of hydrogen-bond acceptors (Lipinski definition) is 5. The van der Waals surface area contributed by atoms with Crippen molar-refractivity contribution in [3.8, 4) is 11.5 Å². The normalized spacial score (nSPS) is 10.6. The van der Waals surface area contributed by atoms with Gasteiger partial charge in [-0.3, -0.25) is 10.1 Å². The Hall–Kier alpha value is -2.60. The number of carbonyl (C=O) groups is 1. The van der Waals surface area contributed by atoms with Crippen LogP contribution in [-0.2, 0) is 0 Å². The molecule has 24 heavy (non-hydrogen) atoms. The van der Waals surface area contributed by atoms with Gasteiger partial charge in [0.15, 0.2) is 0 Å². The van der Waals surface area contributed by atoms with Gasteiger partial charge >= 0.3 is 6.01 Å². The summed E-state index contributed by atoms with van der Waals surface area (Å²) in [5.74, 6) is 1.09. The summed E-state index contributed by atoms with van der Waals surface area (Å²) in [6.07, 6.45) is 0. The predicted octanol–water partition coefficient (Wildman–Crippen LogP) is 4.41. The molecule has 0 saturated heterocycles. The summed E-state index contributed by atoms with van der Waals surface area (Å²) in [7, 11) is 0. The molecule has 3 aromatic rings. The Morgan fingerprint density at radius 2 is 1.79 bits per heavy atom. The maximum absolute atomic E-state index is 12.2. The minimum Gasteiger partial charge on any atom is -0.403 e. The van der Waals surface area contributed by atoms with Gasteiger partial charge in [-0.05, 0) is 49.1 Å². The van der Waals surface area contributed by atoms with Crippen LogP contribution in [0.15, 0.2) is 57.8 Å². The number of thioether (sulfide) groups is 1. The molecule has 0 atom stereocenters. The van der Waals surface area contributed by atoms with Gasteiger partial charge < -0.3 is 4.42 Å². The Morgan fingerprint density at radius 3 is 2.46 bits per heavy atom. The van der Waals surface area contributed by atoms with Gasteiger partial charge in [-0.1, -0.05) is 29.7 Å². The first-order chi connectivity index (χ1) is 11.7. The highest BCUT2D eigenvalue weighted by atomic mass is 32.2. The zero-order chi connectivity index (χ0) is 16.9. The number of carbonyl (C=O) groups excluding carboxylic acids is 1. The topological polar surface area (TPSA) is 68.0 Å². The number of aromatic nitrogens is 2. The molecule has 122 valence electrons. The van der Waals surface area contributed by atoms with E-state index in [4.69, 9.17) is 4.42 Å². The fourth-order valence-electron chi connectivity index (χ4n) is 2.13. The molecule has 2 aromatic carbocycles. The summed E-state index contributed by atoms with van der Waals surface area (Å²) in [4.78, 5) is 13.4. The third-order valence-electron chi connectivity index (χ3n) is 3.37. The average Bonchev–Trinajstić information content (AvgIpc) is 3.05. The number of aryl methyl sites for hydroxylation is 1. The Bertz CT molecular complexity index is 826. The minimum atomic E-state index is -0.276. The molecule has 1 aromatic heterocycles. The predicted molar refractivity (Wildman–Crippen MR) is 95.3 cm³/mol. The van der Waals surface area contributed by atoms with Crippen LogP contribution in [0.2, 0.25) is 0 Å². The van der Waals surface area contributed by atoms with E-state index in [1.54, 1.807) is 23.9 Å². The lowest BCUT2D eigenvalue weighted by atomic mass is 10.1. The number of hydrogen-bond donors (Lipinski definition) is 1. The largest absolute Gasteiger partial charge is 0.403 e. The number of nitrogens with one attached hydrogen (secondary N) is 1. The Kier molecular flexibility index (Phi) is 4.96. The van der Waals surface area contributed by atoms with E-state index in [0.29, 0.717) is 11.5 Å². The summed E-state index contributed by atoms with van der Waals surface area (Å²) in [6.45, 7) is 4.10. The second kappa shape index (κ2) is 7.31. The summed E-state index contributed by atoms with van der Waals surface area (Å²) < 4.78 is 5.51. The van der Waals surface area contributed by atoms with Gasteiger partial charge in [-0.15, -0.1) is 16.9 Å². The molecule has 0 unspecified atom stereocenters. The van der Waals surface area contributed by atoms with Gasteiger partial charge in [-0.25, -0.2) is 0 Å². The molecule has 0 aliphatic rings. The highest BCUT2D eigenvalue weighted by Gasteiger charge is 2.12. The quantitative estimate of drug-likeness (QED) is 0.697. The highest BCUT2D eigenvalue weighted by molar-refractivity contribution is 7.99. The van der Waals surface area contributed by atoms with Crippen molar-refractivity contribution in [2.45, 2.75) is 18.7 Å². The maximum atomic E-state index is 12.2. The van der Waals surface area contributed by atoms with Crippen LogP contribution in [0, 0.1) is 6.92 Å². The minimum absolute atomic E-state index is 0.0857. The van der Waals surface area contributed by atoms with Crippen LogP contribution < -0.4 is 5.32 Å². The van der Waals surface area contributed by atoms with Crippen LogP contribution in [0.4, 0.5) is 6.01 Å². The lowest BCUT2D eigenvalue weighted by Gasteiger charge is -2.02. The zero-order valence-corrected chi connectivity index (χ0v) is 14.3. The molecule has 0 radical (unpaired) electrons. The van der Waals surface area contributed by atoms with E-state index < -0.39 is 0 Å². The van der Waals surface area contributed by atoms with E-state index in [1.165, 1.54) is 0 Å². The molecular weight excluding hydrogens is 322 g/mol.